The van der Waals surface area contributed by atoms with E-state index in [4.69, 9.17) is 10.2 Å². The topological polar surface area (TPSA) is 89.9 Å². The number of aliphatic hydroxyl groups is 1. The van der Waals surface area contributed by atoms with Gasteiger partial charge in [0, 0.05) is 12.1 Å². The number of rotatable bonds is 4. The zero-order chi connectivity index (χ0) is 13.1. The van der Waals surface area contributed by atoms with Crippen molar-refractivity contribution in [3.05, 3.63) is 0 Å². The van der Waals surface area contributed by atoms with Crippen LogP contribution in [-0.4, -0.2) is 51.8 Å². The molecule has 1 saturated heterocycles. The van der Waals surface area contributed by atoms with Crippen LogP contribution >= 0.6 is 0 Å². The first-order valence-corrected chi connectivity index (χ1v) is 5.77. The van der Waals surface area contributed by atoms with Crippen LogP contribution in [0, 0.1) is 0 Å². The number of carbonyl (C=O) groups excluding carboxylic acids is 1. The number of aliphatic carboxylic acids is 1. The van der Waals surface area contributed by atoms with Crippen LogP contribution in [0.1, 0.15) is 33.1 Å². The maximum atomic E-state index is 11.9. The van der Waals surface area contributed by atoms with Gasteiger partial charge in [0.1, 0.15) is 0 Å². The highest BCUT2D eigenvalue weighted by Crippen LogP contribution is 2.18. The number of nitrogens with one attached hydrogen (secondary N) is 1. The van der Waals surface area contributed by atoms with Crippen molar-refractivity contribution in [2.75, 3.05) is 13.2 Å². The van der Waals surface area contributed by atoms with Crippen LogP contribution in [0.15, 0.2) is 0 Å². The van der Waals surface area contributed by atoms with Gasteiger partial charge in [0.05, 0.1) is 19.1 Å². The second-order valence-electron chi connectivity index (χ2n) is 5.06. The third kappa shape index (κ3) is 3.89. The highest BCUT2D eigenvalue weighted by atomic mass is 16.4. The Kier molecular flexibility index (Phi) is 4.34. The van der Waals surface area contributed by atoms with E-state index in [1.165, 1.54) is 0 Å². The molecule has 0 bridgehead atoms. The summed E-state index contributed by atoms with van der Waals surface area (Å²) in [5.74, 6) is -0.949. The number of hydrogen-bond acceptors (Lipinski definition) is 3. The van der Waals surface area contributed by atoms with Gasteiger partial charge in [0.15, 0.2) is 0 Å². The maximum Gasteiger partial charge on any atom is 0.318 e. The molecule has 1 unspecified atom stereocenters. The van der Waals surface area contributed by atoms with Gasteiger partial charge in [-0.05, 0) is 26.7 Å². The lowest BCUT2D eigenvalue weighted by Gasteiger charge is -2.30. The minimum absolute atomic E-state index is 0.0488. The summed E-state index contributed by atoms with van der Waals surface area (Å²) >= 11 is 0. The zero-order valence-corrected chi connectivity index (χ0v) is 10.3. The summed E-state index contributed by atoms with van der Waals surface area (Å²) < 4.78 is 0. The van der Waals surface area contributed by atoms with Gasteiger partial charge in [-0.2, -0.15) is 0 Å². The van der Waals surface area contributed by atoms with E-state index in [-0.39, 0.29) is 25.1 Å². The van der Waals surface area contributed by atoms with E-state index < -0.39 is 11.5 Å². The van der Waals surface area contributed by atoms with Crippen molar-refractivity contribution in [1.82, 2.24) is 10.2 Å². The van der Waals surface area contributed by atoms with Crippen molar-refractivity contribution >= 4 is 12.0 Å². The van der Waals surface area contributed by atoms with Crippen molar-refractivity contribution in [2.24, 2.45) is 0 Å². The van der Waals surface area contributed by atoms with Crippen LogP contribution in [0.5, 0.6) is 0 Å². The first kappa shape index (κ1) is 13.8. The van der Waals surface area contributed by atoms with Crippen molar-refractivity contribution < 1.29 is 19.8 Å². The van der Waals surface area contributed by atoms with Gasteiger partial charge in [-0.3, -0.25) is 4.79 Å². The molecule has 1 fully saturated rings. The van der Waals surface area contributed by atoms with Crippen LogP contribution in [0.25, 0.3) is 0 Å². The molecule has 1 aliphatic rings. The average Bonchev–Trinajstić information content (AvgIpc) is 2.61. The van der Waals surface area contributed by atoms with E-state index >= 15 is 0 Å². The van der Waals surface area contributed by atoms with E-state index in [2.05, 4.69) is 5.32 Å². The Hall–Kier alpha value is -1.30. The fourth-order valence-corrected chi connectivity index (χ4v) is 2.08. The fourth-order valence-electron chi connectivity index (χ4n) is 2.08. The predicted molar refractivity (Wildman–Crippen MR) is 61.7 cm³/mol. The third-order valence-electron chi connectivity index (χ3n) is 2.89. The molecule has 6 nitrogen and oxygen atoms in total. The number of nitrogens with zero attached hydrogens (tertiary/aromatic N) is 1. The number of amides is 2. The summed E-state index contributed by atoms with van der Waals surface area (Å²) in [7, 11) is 0. The highest BCUT2D eigenvalue weighted by molar-refractivity contribution is 5.77. The molecule has 0 spiro atoms. The molecule has 0 radical (unpaired) electrons. The molecule has 0 aromatic rings. The summed E-state index contributed by atoms with van der Waals surface area (Å²) in [6, 6.07) is -0.441. The second-order valence-corrected chi connectivity index (χ2v) is 5.06. The second kappa shape index (κ2) is 5.35. The predicted octanol–water partition coefficient (Wildman–Crippen LogP) is 0.406. The molecule has 1 rings (SSSR count). The summed E-state index contributed by atoms with van der Waals surface area (Å²) in [6.45, 7) is 3.90. The molecule has 1 aliphatic heterocycles. The maximum absolute atomic E-state index is 11.9. The Morgan fingerprint density at radius 2 is 2.12 bits per heavy atom. The number of aliphatic hydroxyl groups excluding tert-OH is 1. The van der Waals surface area contributed by atoms with E-state index in [1.54, 1.807) is 18.7 Å². The number of likely N-dealkylation sites (tertiary alicyclic amines) is 1. The van der Waals surface area contributed by atoms with E-state index in [0.29, 0.717) is 6.54 Å². The summed E-state index contributed by atoms with van der Waals surface area (Å²) in [5, 5.41) is 20.5. The van der Waals surface area contributed by atoms with Gasteiger partial charge in [-0.1, -0.05) is 0 Å². The SMILES string of the molecule is CC(C)(CC(=O)O)NC(=O)N1CCCC1CO. The molecule has 6 heteroatoms. The van der Waals surface area contributed by atoms with Crippen molar-refractivity contribution in [1.29, 1.82) is 0 Å². The third-order valence-corrected chi connectivity index (χ3v) is 2.89. The molecule has 1 atom stereocenters. The molecule has 1 heterocycles. The molecule has 0 aliphatic carbocycles. The number of carbonyl (C=O) groups is 2. The summed E-state index contributed by atoms with van der Waals surface area (Å²) in [6.07, 6.45) is 1.54. The lowest BCUT2D eigenvalue weighted by molar-refractivity contribution is -0.138. The van der Waals surface area contributed by atoms with Gasteiger partial charge >= 0.3 is 12.0 Å². The Morgan fingerprint density at radius 3 is 2.65 bits per heavy atom. The smallest absolute Gasteiger partial charge is 0.318 e. The molecular formula is C11H20N2O4. The highest BCUT2D eigenvalue weighted by Gasteiger charge is 2.32. The largest absolute Gasteiger partial charge is 0.481 e. The van der Waals surface area contributed by atoms with Crippen molar-refractivity contribution in [2.45, 2.75) is 44.7 Å². The van der Waals surface area contributed by atoms with Gasteiger partial charge in [0.25, 0.3) is 0 Å². The van der Waals surface area contributed by atoms with E-state index in [1.807, 2.05) is 0 Å². The van der Waals surface area contributed by atoms with Gasteiger partial charge in [-0.15, -0.1) is 0 Å². The minimum Gasteiger partial charge on any atom is -0.481 e. The van der Waals surface area contributed by atoms with Crippen LogP contribution < -0.4 is 5.32 Å². The van der Waals surface area contributed by atoms with Crippen LogP contribution in [0.2, 0.25) is 0 Å². The van der Waals surface area contributed by atoms with Crippen LogP contribution in [0.3, 0.4) is 0 Å². The molecule has 3 N–H and O–H groups in total. The molecule has 0 aromatic carbocycles. The number of urea groups is 1. The average molecular weight is 244 g/mol. The lowest BCUT2D eigenvalue weighted by Crippen LogP contribution is -2.52. The van der Waals surface area contributed by atoms with Gasteiger partial charge < -0.3 is 20.4 Å². The zero-order valence-electron chi connectivity index (χ0n) is 10.3. The van der Waals surface area contributed by atoms with Crippen LogP contribution in [-0.2, 0) is 4.79 Å². The monoisotopic (exact) mass is 244 g/mol. The lowest BCUT2D eigenvalue weighted by atomic mass is 10.0. The number of hydrogen-bond donors (Lipinski definition) is 3. The summed E-state index contributed by atoms with van der Waals surface area (Å²) in [4.78, 5) is 24.1. The van der Waals surface area contributed by atoms with E-state index in [9.17, 15) is 9.59 Å². The fraction of sp³-hybridized carbons (Fsp3) is 0.818. The molecule has 98 valence electrons. The van der Waals surface area contributed by atoms with Gasteiger partial charge in [-0.25, -0.2) is 4.79 Å². The van der Waals surface area contributed by atoms with Gasteiger partial charge in [0.2, 0.25) is 0 Å². The Balaban J connectivity index is 2.56. The molecule has 0 saturated carbocycles. The minimum atomic E-state index is -0.949. The standard InChI is InChI=1S/C11H20N2O4/c1-11(2,6-9(15)16)12-10(17)13-5-3-4-8(13)7-14/h8,14H,3-7H2,1-2H3,(H,12,17)(H,15,16). The first-order chi connectivity index (χ1) is 7.85. The quantitative estimate of drug-likeness (QED) is 0.668. The molecule has 17 heavy (non-hydrogen) atoms. The Bertz CT molecular complexity index is 304. The number of carboxylic acid groups (broad SMARTS) is 1. The Labute approximate surface area is 101 Å². The van der Waals surface area contributed by atoms with Crippen molar-refractivity contribution in [3.63, 3.8) is 0 Å². The first-order valence-electron chi connectivity index (χ1n) is 5.77. The van der Waals surface area contributed by atoms with Crippen LogP contribution in [0.4, 0.5) is 4.79 Å². The molecule has 0 aromatic heterocycles. The summed E-state index contributed by atoms with van der Waals surface area (Å²) in [5.41, 5.74) is -0.786. The Morgan fingerprint density at radius 1 is 1.47 bits per heavy atom. The van der Waals surface area contributed by atoms with E-state index in [0.717, 1.165) is 12.8 Å². The normalized spacial score (nSPS) is 20.4. The number of carboxylic acids is 1. The molecular weight excluding hydrogens is 224 g/mol. The van der Waals surface area contributed by atoms with Crippen molar-refractivity contribution in [3.8, 4) is 0 Å². The molecule has 2 amide bonds.